The molecule has 120 valence electrons. The highest BCUT2D eigenvalue weighted by atomic mass is 35.5. The summed E-state index contributed by atoms with van der Waals surface area (Å²) in [5.74, 6) is 0. The van der Waals surface area contributed by atoms with Crippen LogP contribution in [0.1, 0.15) is 45.2 Å². The lowest BCUT2D eigenvalue weighted by Crippen LogP contribution is -2.28. The van der Waals surface area contributed by atoms with Gasteiger partial charge in [0.1, 0.15) is 0 Å². The molecule has 2 nitrogen and oxygen atoms in total. The number of hydrogen-bond donors (Lipinski definition) is 1. The standard InChI is InChI=1S/C16H25Cl3N2/c1-11(2)21(4)10-6-5-9-20-12(3)13-7-8-14(17)16(19)15(13)18/h7-8,11-12,20H,5-6,9-10H2,1-4H3. The number of unbranched alkanes of at least 4 members (excludes halogenated alkanes) is 1. The summed E-state index contributed by atoms with van der Waals surface area (Å²) in [5, 5.41) is 4.96. The van der Waals surface area contributed by atoms with E-state index in [0.717, 1.165) is 25.1 Å². The van der Waals surface area contributed by atoms with Crippen LogP contribution in [0, 0.1) is 0 Å². The highest BCUT2D eigenvalue weighted by Gasteiger charge is 2.13. The van der Waals surface area contributed by atoms with Crippen LogP contribution < -0.4 is 5.32 Å². The maximum Gasteiger partial charge on any atom is 0.0781 e. The fraction of sp³-hybridized carbons (Fsp3) is 0.625. The molecule has 0 aliphatic carbocycles. The van der Waals surface area contributed by atoms with E-state index >= 15 is 0 Å². The van der Waals surface area contributed by atoms with Crippen molar-refractivity contribution in [3.05, 3.63) is 32.8 Å². The lowest BCUT2D eigenvalue weighted by Gasteiger charge is -2.21. The van der Waals surface area contributed by atoms with E-state index in [2.05, 4.69) is 38.0 Å². The van der Waals surface area contributed by atoms with Crippen molar-refractivity contribution in [1.82, 2.24) is 10.2 Å². The minimum absolute atomic E-state index is 0.162. The van der Waals surface area contributed by atoms with Gasteiger partial charge in [-0.05, 0) is 65.4 Å². The molecule has 1 unspecified atom stereocenters. The zero-order chi connectivity index (χ0) is 16.0. The number of rotatable bonds is 8. The second-order valence-corrected chi connectivity index (χ2v) is 6.88. The van der Waals surface area contributed by atoms with Crippen LogP contribution in [0.2, 0.25) is 15.1 Å². The molecule has 0 radical (unpaired) electrons. The first-order valence-electron chi connectivity index (χ1n) is 7.41. The molecule has 0 aromatic heterocycles. The van der Waals surface area contributed by atoms with Gasteiger partial charge in [-0.2, -0.15) is 0 Å². The molecule has 1 aromatic rings. The molecule has 0 saturated heterocycles. The van der Waals surface area contributed by atoms with E-state index in [-0.39, 0.29) is 6.04 Å². The van der Waals surface area contributed by atoms with Crippen molar-refractivity contribution in [2.75, 3.05) is 20.1 Å². The molecule has 5 heteroatoms. The van der Waals surface area contributed by atoms with Crippen molar-refractivity contribution in [3.63, 3.8) is 0 Å². The maximum atomic E-state index is 6.25. The predicted octanol–water partition coefficient (Wildman–Crippen LogP) is 5.42. The van der Waals surface area contributed by atoms with Crippen molar-refractivity contribution in [2.24, 2.45) is 0 Å². The topological polar surface area (TPSA) is 15.3 Å². The van der Waals surface area contributed by atoms with Crippen molar-refractivity contribution in [1.29, 1.82) is 0 Å². The van der Waals surface area contributed by atoms with E-state index in [4.69, 9.17) is 34.8 Å². The molecule has 0 fully saturated rings. The number of nitrogens with zero attached hydrogens (tertiary/aromatic N) is 1. The van der Waals surface area contributed by atoms with Gasteiger partial charge in [0.15, 0.2) is 0 Å². The number of hydrogen-bond acceptors (Lipinski definition) is 2. The molecular formula is C16H25Cl3N2. The first kappa shape index (κ1) is 19.1. The smallest absolute Gasteiger partial charge is 0.0781 e. The highest BCUT2D eigenvalue weighted by molar-refractivity contribution is 6.48. The van der Waals surface area contributed by atoms with Gasteiger partial charge in [0.25, 0.3) is 0 Å². The first-order valence-corrected chi connectivity index (χ1v) is 8.55. The molecule has 0 spiro atoms. The molecule has 0 aliphatic rings. The summed E-state index contributed by atoms with van der Waals surface area (Å²) >= 11 is 18.3. The van der Waals surface area contributed by atoms with Crippen molar-refractivity contribution in [3.8, 4) is 0 Å². The Morgan fingerprint density at radius 3 is 2.33 bits per heavy atom. The van der Waals surface area contributed by atoms with Crippen LogP contribution in [-0.2, 0) is 0 Å². The zero-order valence-corrected chi connectivity index (χ0v) is 15.5. The van der Waals surface area contributed by atoms with Crippen molar-refractivity contribution in [2.45, 2.75) is 45.7 Å². The molecule has 0 amide bonds. The summed E-state index contributed by atoms with van der Waals surface area (Å²) in [6, 6.07) is 4.49. The van der Waals surface area contributed by atoms with Crippen LogP contribution >= 0.6 is 34.8 Å². The van der Waals surface area contributed by atoms with E-state index in [1.165, 1.54) is 6.42 Å². The number of halogens is 3. The molecule has 0 heterocycles. The highest BCUT2D eigenvalue weighted by Crippen LogP contribution is 2.35. The Hall–Kier alpha value is 0.01000. The molecule has 0 bridgehead atoms. The third-order valence-corrected chi connectivity index (χ3v) is 5.11. The number of nitrogens with one attached hydrogen (secondary N) is 1. The molecule has 1 N–H and O–H groups in total. The normalized spacial score (nSPS) is 13.2. The van der Waals surface area contributed by atoms with Gasteiger partial charge in [-0.1, -0.05) is 40.9 Å². The van der Waals surface area contributed by atoms with Crippen LogP contribution in [0.3, 0.4) is 0 Å². The van der Waals surface area contributed by atoms with E-state index in [1.807, 2.05) is 6.07 Å². The molecule has 21 heavy (non-hydrogen) atoms. The maximum absolute atomic E-state index is 6.25. The average molecular weight is 352 g/mol. The summed E-state index contributed by atoms with van der Waals surface area (Å²) in [7, 11) is 2.16. The fourth-order valence-corrected chi connectivity index (χ4v) is 2.75. The van der Waals surface area contributed by atoms with E-state index in [9.17, 15) is 0 Å². The van der Waals surface area contributed by atoms with E-state index < -0.39 is 0 Å². The Balaban J connectivity index is 2.38. The van der Waals surface area contributed by atoms with Gasteiger partial charge >= 0.3 is 0 Å². The van der Waals surface area contributed by atoms with E-state index in [1.54, 1.807) is 6.07 Å². The van der Waals surface area contributed by atoms with Crippen LogP contribution in [0.25, 0.3) is 0 Å². The third kappa shape index (κ3) is 5.96. The van der Waals surface area contributed by atoms with Crippen LogP contribution in [0.4, 0.5) is 0 Å². The van der Waals surface area contributed by atoms with Crippen LogP contribution in [0.5, 0.6) is 0 Å². The lowest BCUT2D eigenvalue weighted by molar-refractivity contribution is 0.267. The number of benzene rings is 1. The van der Waals surface area contributed by atoms with Gasteiger partial charge in [0.2, 0.25) is 0 Å². The Morgan fingerprint density at radius 1 is 1.05 bits per heavy atom. The van der Waals surface area contributed by atoms with Crippen molar-refractivity contribution >= 4 is 34.8 Å². The van der Waals surface area contributed by atoms with Gasteiger partial charge in [0.05, 0.1) is 15.1 Å². The monoisotopic (exact) mass is 350 g/mol. The minimum Gasteiger partial charge on any atom is -0.310 e. The van der Waals surface area contributed by atoms with Gasteiger partial charge in [0, 0.05) is 12.1 Å². The Labute approximate surface area is 143 Å². The largest absolute Gasteiger partial charge is 0.310 e. The molecule has 0 aliphatic heterocycles. The van der Waals surface area contributed by atoms with Gasteiger partial charge in [-0.15, -0.1) is 0 Å². The van der Waals surface area contributed by atoms with E-state index in [0.29, 0.717) is 21.1 Å². The summed E-state index contributed by atoms with van der Waals surface area (Å²) in [6.07, 6.45) is 2.32. The molecule has 1 rings (SSSR count). The Morgan fingerprint density at radius 2 is 1.71 bits per heavy atom. The lowest BCUT2D eigenvalue weighted by atomic mass is 10.1. The second kappa shape index (κ2) is 9.22. The van der Waals surface area contributed by atoms with Crippen molar-refractivity contribution < 1.29 is 0 Å². The Kier molecular flexibility index (Phi) is 8.36. The zero-order valence-electron chi connectivity index (χ0n) is 13.2. The summed E-state index contributed by atoms with van der Waals surface area (Å²) in [4.78, 5) is 2.36. The van der Waals surface area contributed by atoms with Gasteiger partial charge < -0.3 is 10.2 Å². The summed E-state index contributed by atoms with van der Waals surface area (Å²) in [5.41, 5.74) is 0.991. The summed E-state index contributed by atoms with van der Waals surface area (Å²) < 4.78 is 0. The van der Waals surface area contributed by atoms with Gasteiger partial charge in [-0.25, -0.2) is 0 Å². The molecule has 1 atom stereocenters. The molecular weight excluding hydrogens is 327 g/mol. The Bertz CT molecular complexity index is 449. The third-order valence-electron chi connectivity index (χ3n) is 3.80. The molecule has 1 aromatic carbocycles. The first-order chi connectivity index (χ1) is 9.84. The quantitative estimate of drug-likeness (QED) is 0.497. The van der Waals surface area contributed by atoms with Gasteiger partial charge in [-0.3, -0.25) is 0 Å². The molecule has 0 saturated carbocycles. The SMILES string of the molecule is CC(NCCCCN(C)C(C)C)c1ccc(Cl)c(Cl)c1Cl. The van der Waals surface area contributed by atoms with Crippen LogP contribution in [0.15, 0.2) is 12.1 Å². The van der Waals surface area contributed by atoms with Crippen LogP contribution in [-0.4, -0.2) is 31.1 Å². The fourth-order valence-electron chi connectivity index (χ4n) is 2.05. The minimum atomic E-state index is 0.162. The average Bonchev–Trinajstić information content (AvgIpc) is 2.44. The predicted molar refractivity (Wildman–Crippen MR) is 94.9 cm³/mol. The summed E-state index contributed by atoms with van der Waals surface area (Å²) in [6.45, 7) is 8.61. The second-order valence-electron chi connectivity index (χ2n) is 5.72.